The van der Waals surface area contributed by atoms with Crippen LogP contribution in [0.4, 0.5) is 4.39 Å². The van der Waals surface area contributed by atoms with Crippen LogP contribution in [0, 0.1) is 0 Å². The molecule has 0 fully saturated rings. The second kappa shape index (κ2) is 8.08. The van der Waals surface area contributed by atoms with Gasteiger partial charge in [-0.3, -0.25) is 0 Å². The van der Waals surface area contributed by atoms with Crippen molar-refractivity contribution in [3.63, 3.8) is 0 Å². The van der Waals surface area contributed by atoms with Crippen LogP contribution in [0.25, 0.3) is 0 Å². The summed E-state index contributed by atoms with van der Waals surface area (Å²) in [5, 5.41) is -0.657. The Hall–Kier alpha value is -2.18. The number of hydrogen-bond acceptors (Lipinski definition) is 4. The molecule has 4 nitrogen and oxygen atoms in total. The van der Waals surface area contributed by atoms with Gasteiger partial charge in [0, 0.05) is 6.54 Å². The SMILES string of the molecule is CC(c1ccccc1)S(=O)(=O)c1ccc(OC/C(F)=C\CN)cc1. The molecular weight excluding hydrogens is 329 g/mol. The van der Waals surface area contributed by atoms with Gasteiger partial charge < -0.3 is 10.5 Å². The van der Waals surface area contributed by atoms with Gasteiger partial charge in [0.05, 0.1) is 10.1 Å². The first kappa shape index (κ1) is 18.2. The van der Waals surface area contributed by atoms with E-state index in [1.807, 2.05) is 18.2 Å². The topological polar surface area (TPSA) is 69.4 Å². The van der Waals surface area contributed by atoms with Crippen molar-refractivity contribution < 1.29 is 17.5 Å². The molecule has 128 valence electrons. The average Bonchev–Trinajstić information content (AvgIpc) is 2.60. The standard InChI is InChI=1S/C18H20FNO3S/c1-14(15-5-3-2-4-6-15)24(21,22)18-9-7-17(8-10-18)23-13-16(19)11-12-20/h2-11,14H,12-13,20H2,1H3/b16-11+. The molecule has 0 bridgehead atoms. The fraction of sp³-hybridized carbons (Fsp3) is 0.222. The smallest absolute Gasteiger partial charge is 0.185 e. The van der Waals surface area contributed by atoms with Gasteiger partial charge in [-0.15, -0.1) is 0 Å². The third-order valence-electron chi connectivity index (χ3n) is 3.60. The minimum absolute atomic E-state index is 0.101. The predicted molar refractivity (Wildman–Crippen MR) is 92.2 cm³/mol. The molecule has 0 spiro atoms. The van der Waals surface area contributed by atoms with Crippen LogP contribution in [-0.2, 0) is 9.84 Å². The molecule has 0 aliphatic rings. The van der Waals surface area contributed by atoms with E-state index in [4.69, 9.17) is 10.5 Å². The quantitative estimate of drug-likeness (QED) is 0.832. The van der Waals surface area contributed by atoms with E-state index in [1.165, 1.54) is 30.3 Å². The van der Waals surface area contributed by atoms with Crippen LogP contribution in [0.15, 0.2) is 71.4 Å². The molecule has 0 aliphatic heterocycles. The Morgan fingerprint density at radius 3 is 2.38 bits per heavy atom. The molecule has 0 heterocycles. The summed E-state index contributed by atoms with van der Waals surface area (Å²) in [6.07, 6.45) is 1.22. The first-order chi connectivity index (χ1) is 11.4. The Kier molecular flexibility index (Phi) is 6.11. The molecule has 1 unspecified atom stereocenters. The van der Waals surface area contributed by atoms with E-state index >= 15 is 0 Å². The molecular formula is C18H20FNO3S. The predicted octanol–water partition coefficient (Wildman–Crippen LogP) is 3.41. The van der Waals surface area contributed by atoms with Crippen LogP contribution < -0.4 is 10.5 Å². The summed E-state index contributed by atoms with van der Waals surface area (Å²) in [5.41, 5.74) is 5.93. The van der Waals surface area contributed by atoms with Gasteiger partial charge in [0.2, 0.25) is 0 Å². The lowest BCUT2D eigenvalue weighted by molar-refractivity contribution is 0.318. The second-order valence-corrected chi connectivity index (χ2v) is 7.51. The number of halogens is 1. The van der Waals surface area contributed by atoms with E-state index in [1.54, 1.807) is 19.1 Å². The highest BCUT2D eigenvalue weighted by Crippen LogP contribution is 2.29. The van der Waals surface area contributed by atoms with Crippen molar-refractivity contribution in [3.05, 3.63) is 72.1 Å². The van der Waals surface area contributed by atoms with Gasteiger partial charge in [0.15, 0.2) is 9.84 Å². The molecule has 1 atom stereocenters. The van der Waals surface area contributed by atoms with Crippen molar-refractivity contribution in [1.82, 2.24) is 0 Å². The zero-order valence-electron chi connectivity index (χ0n) is 13.4. The van der Waals surface area contributed by atoms with E-state index in [2.05, 4.69) is 0 Å². The van der Waals surface area contributed by atoms with Crippen LogP contribution in [0.3, 0.4) is 0 Å². The molecule has 2 aromatic carbocycles. The zero-order valence-corrected chi connectivity index (χ0v) is 14.2. The molecule has 0 aromatic heterocycles. The third kappa shape index (κ3) is 4.43. The van der Waals surface area contributed by atoms with Gasteiger partial charge in [0.25, 0.3) is 0 Å². The molecule has 0 saturated carbocycles. The van der Waals surface area contributed by atoms with E-state index in [0.717, 1.165) is 5.56 Å². The van der Waals surface area contributed by atoms with Crippen molar-refractivity contribution in [2.75, 3.05) is 13.2 Å². The van der Waals surface area contributed by atoms with Crippen LogP contribution in [0.2, 0.25) is 0 Å². The first-order valence-electron chi connectivity index (χ1n) is 7.51. The summed E-state index contributed by atoms with van der Waals surface area (Å²) in [6.45, 7) is 1.52. The number of rotatable bonds is 7. The minimum Gasteiger partial charge on any atom is -0.487 e. The molecule has 0 amide bonds. The van der Waals surface area contributed by atoms with Gasteiger partial charge in [0.1, 0.15) is 18.2 Å². The van der Waals surface area contributed by atoms with Crippen molar-refractivity contribution in [2.24, 2.45) is 5.73 Å². The summed E-state index contributed by atoms with van der Waals surface area (Å²) in [5.74, 6) is -0.0752. The zero-order chi connectivity index (χ0) is 17.6. The van der Waals surface area contributed by atoms with Gasteiger partial charge in [-0.2, -0.15) is 0 Å². The van der Waals surface area contributed by atoms with Crippen LogP contribution in [0.1, 0.15) is 17.7 Å². The Balaban J connectivity index is 2.13. The van der Waals surface area contributed by atoms with Crippen LogP contribution in [-0.4, -0.2) is 21.6 Å². The molecule has 2 N–H and O–H groups in total. The molecule has 2 rings (SSSR count). The van der Waals surface area contributed by atoms with E-state index < -0.39 is 20.9 Å². The van der Waals surface area contributed by atoms with E-state index in [-0.39, 0.29) is 18.0 Å². The van der Waals surface area contributed by atoms with Crippen molar-refractivity contribution in [1.29, 1.82) is 0 Å². The number of sulfone groups is 1. The monoisotopic (exact) mass is 349 g/mol. The number of ether oxygens (including phenoxy) is 1. The Morgan fingerprint density at radius 1 is 1.17 bits per heavy atom. The van der Waals surface area contributed by atoms with Gasteiger partial charge >= 0.3 is 0 Å². The summed E-state index contributed by atoms with van der Waals surface area (Å²) >= 11 is 0. The lowest BCUT2D eigenvalue weighted by Gasteiger charge is -2.14. The Morgan fingerprint density at radius 2 is 1.79 bits per heavy atom. The number of hydrogen-bond donors (Lipinski definition) is 1. The lowest BCUT2D eigenvalue weighted by Crippen LogP contribution is -2.10. The fourth-order valence-electron chi connectivity index (χ4n) is 2.17. The van der Waals surface area contributed by atoms with Gasteiger partial charge in [-0.05, 0) is 42.8 Å². The Labute approximate surface area is 141 Å². The highest BCUT2D eigenvalue weighted by Gasteiger charge is 2.24. The second-order valence-electron chi connectivity index (χ2n) is 5.24. The van der Waals surface area contributed by atoms with Gasteiger partial charge in [-0.25, -0.2) is 12.8 Å². The number of benzene rings is 2. The van der Waals surface area contributed by atoms with Crippen LogP contribution in [0.5, 0.6) is 5.75 Å². The molecule has 24 heavy (non-hydrogen) atoms. The van der Waals surface area contributed by atoms with Crippen molar-refractivity contribution in [2.45, 2.75) is 17.1 Å². The minimum atomic E-state index is -3.51. The highest BCUT2D eigenvalue weighted by molar-refractivity contribution is 7.91. The van der Waals surface area contributed by atoms with Crippen LogP contribution >= 0.6 is 0 Å². The number of nitrogens with two attached hydrogens (primary N) is 1. The normalized spacial score (nSPS) is 13.5. The summed E-state index contributed by atoms with van der Waals surface area (Å²) in [4.78, 5) is 0.198. The maximum absolute atomic E-state index is 13.2. The highest BCUT2D eigenvalue weighted by atomic mass is 32.2. The average molecular weight is 349 g/mol. The molecule has 0 radical (unpaired) electrons. The maximum Gasteiger partial charge on any atom is 0.185 e. The largest absolute Gasteiger partial charge is 0.487 e. The van der Waals surface area contributed by atoms with Crippen molar-refractivity contribution >= 4 is 9.84 Å². The van der Waals surface area contributed by atoms with Crippen molar-refractivity contribution in [3.8, 4) is 5.75 Å². The third-order valence-corrected chi connectivity index (χ3v) is 5.74. The summed E-state index contributed by atoms with van der Waals surface area (Å²) in [7, 11) is -3.51. The van der Waals surface area contributed by atoms with E-state index in [9.17, 15) is 12.8 Å². The first-order valence-corrected chi connectivity index (χ1v) is 9.06. The molecule has 2 aromatic rings. The molecule has 0 saturated heterocycles. The summed E-state index contributed by atoms with van der Waals surface area (Å²) < 4.78 is 43.8. The van der Waals surface area contributed by atoms with Gasteiger partial charge in [-0.1, -0.05) is 30.3 Å². The molecule has 0 aliphatic carbocycles. The fourth-order valence-corrected chi connectivity index (χ4v) is 3.61. The maximum atomic E-state index is 13.2. The Bertz CT molecular complexity index is 787. The lowest BCUT2D eigenvalue weighted by atomic mass is 10.2. The molecule has 6 heteroatoms. The summed E-state index contributed by atoms with van der Waals surface area (Å²) in [6, 6.07) is 15.0. The van der Waals surface area contributed by atoms with E-state index in [0.29, 0.717) is 5.75 Å².